The lowest BCUT2D eigenvalue weighted by Gasteiger charge is -2.62. The Kier molecular flexibility index (Phi) is 13.3. The van der Waals surface area contributed by atoms with E-state index in [1.165, 1.54) is 11.3 Å². The van der Waals surface area contributed by atoms with E-state index in [0.717, 1.165) is 12.0 Å². The Hall–Kier alpha value is -4.33. The number of rotatable bonds is 15. The fourth-order valence-corrected chi connectivity index (χ4v) is 9.90. The predicted molar refractivity (Wildman–Crippen MR) is 224 cm³/mol. The minimum Gasteiger partial charge on any atom is -0.496 e. The Balaban J connectivity index is 1.31. The molecule has 12 nitrogen and oxygen atoms in total. The van der Waals surface area contributed by atoms with E-state index >= 15 is 0 Å². The third kappa shape index (κ3) is 8.96. The third-order valence-electron chi connectivity index (χ3n) is 13.1. The van der Waals surface area contributed by atoms with Gasteiger partial charge >= 0.3 is 0 Å². The van der Waals surface area contributed by atoms with Gasteiger partial charge in [0.1, 0.15) is 17.9 Å². The summed E-state index contributed by atoms with van der Waals surface area (Å²) < 4.78 is 6.08. The Morgan fingerprint density at radius 3 is 2.31 bits per heavy atom. The van der Waals surface area contributed by atoms with Crippen LogP contribution in [0.4, 0.5) is 0 Å². The highest BCUT2D eigenvalue weighted by molar-refractivity contribution is 6.01. The Labute approximate surface area is 343 Å². The summed E-state index contributed by atoms with van der Waals surface area (Å²) in [6.45, 7) is 8.84. The third-order valence-corrected chi connectivity index (χ3v) is 13.1. The Bertz CT molecular complexity index is 1930. The fraction of sp³-hybridized carbons (Fsp3) is 0.543. The molecule has 1 heterocycles. The highest BCUT2D eigenvalue weighted by atomic mass is 16.7. The summed E-state index contributed by atoms with van der Waals surface area (Å²) in [5.41, 5.74) is 3.95. The van der Waals surface area contributed by atoms with Crippen molar-refractivity contribution in [2.45, 2.75) is 83.8 Å². The zero-order valence-corrected chi connectivity index (χ0v) is 35.6. The largest absolute Gasteiger partial charge is 0.496 e. The number of nitrogens with zero attached hydrogens (tertiary/aromatic N) is 3. The van der Waals surface area contributed by atoms with E-state index in [1.807, 2.05) is 67.5 Å². The molecule has 4 aliphatic rings. The van der Waals surface area contributed by atoms with Crippen molar-refractivity contribution >= 4 is 17.7 Å². The van der Waals surface area contributed by atoms with Crippen LogP contribution in [0, 0.1) is 29.1 Å². The Morgan fingerprint density at radius 1 is 1.00 bits per heavy atom. The summed E-state index contributed by atoms with van der Waals surface area (Å²) in [6, 6.07) is 19.7. The van der Waals surface area contributed by atoms with Crippen molar-refractivity contribution in [1.82, 2.24) is 25.5 Å². The molecule has 7 rings (SSSR count). The predicted octanol–water partition coefficient (Wildman–Crippen LogP) is 4.63. The fourth-order valence-electron chi connectivity index (χ4n) is 9.90. The number of likely N-dealkylation sites (N-methyl/N-ethyl adjacent to an activating group) is 1. The van der Waals surface area contributed by atoms with Crippen molar-refractivity contribution in [3.05, 3.63) is 89.0 Å². The molecule has 3 aromatic carbocycles. The molecular weight excluding hydrogens is 735 g/mol. The smallest absolute Gasteiger partial charge is 0.253 e. The first-order valence-electron chi connectivity index (χ1n) is 20.6. The molecule has 1 saturated heterocycles. The number of ether oxygens (including phenoxy) is 1. The minimum atomic E-state index is -0.936. The number of aliphatic hydroxyl groups is 2. The second-order valence-electron chi connectivity index (χ2n) is 17.9. The van der Waals surface area contributed by atoms with Crippen molar-refractivity contribution in [1.29, 1.82) is 0 Å². The van der Waals surface area contributed by atoms with Gasteiger partial charge in [0, 0.05) is 60.9 Å². The maximum atomic E-state index is 14.3. The number of para-hydroxylation sites is 1. The summed E-state index contributed by atoms with van der Waals surface area (Å²) in [6.07, 6.45) is 0.985. The molecule has 58 heavy (non-hydrogen) atoms. The molecule has 4 N–H and O–H groups in total. The molecule has 3 saturated carbocycles. The number of aliphatic hydroxyl groups excluding tert-OH is 2. The lowest BCUT2D eigenvalue weighted by atomic mass is 9.45. The summed E-state index contributed by atoms with van der Waals surface area (Å²) in [4.78, 5) is 51.7. The number of hydrogen-bond acceptors (Lipinski definition) is 9. The van der Waals surface area contributed by atoms with Crippen LogP contribution >= 0.6 is 0 Å². The van der Waals surface area contributed by atoms with E-state index in [2.05, 4.69) is 31.4 Å². The zero-order valence-electron chi connectivity index (χ0n) is 35.6. The van der Waals surface area contributed by atoms with Gasteiger partial charge in [-0.15, -0.1) is 0 Å². The van der Waals surface area contributed by atoms with Crippen molar-refractivity contribution in [3.63, 3.8) is 0 Å². The zero-order chi connectivity index (χ0) is 42.1. The van der Waals surface area contributed by atoms with E-state index in [1.54, 1.807) is 51.4 Å². The van der Waals surface area contributed by atoms with Crippen LogP contribution in [0.3, 0.4) is 0 Å². The highest BCUT2D eigenvalue weighted by Crippen LogP contribution is 2.61. The number of hydrogen-bond donors (Lipinski definition) is 4. The number of benzene rings is 3. The molecule has 314 valence electrons. The van der Waals surface area contributed by atoms with Gasteiger partial charge < -0.3 is 35.4 Å². The normalized spacial score (nSPS) is 26.0. The van der Waals surface area contributed by atoms with Gasteiger partial charge in [0.2, 0.25) is 5.91 Å². The van der Waals surface area contributed by atoms with Crippen LogP contribution in [0.15, 0.2) is 66.7 Å². The number of methoxy groups -OCH3 is 1. The van der Waals surface area contributed by atoms with Crippen molar-refractivity contribution in [2.75, 3.05) is 48.5 Å². The average molecular weight is 798 g/mol. The second-order valence-corrected chi connectivity index (χ2v) is 17.9. The number of carbonyl (C=O) groups excluding carboxylic acids is 3. The highest BCUT2D eigenvalue weighted by Gasteiger charge is 2.57. The lowest BCUT2D eigenvalue weighted by Crippen LogP contribution is -2.62. The van der Waals surface area contributed by atoms with Gasteiger partial charge in [-0.2, -0.15) is 5.06 Å². The van der Waals surface area contributed by atoms with Gasteiger partial charge in [0.15, 0.2) is 0 Å². The lowest BCUT2D eigenvalue weighted by molar-refractivity contribution is -0.183. The first-order chi connectivity index (χ1) is 27.5. The van der Waals surface area contributed by atoms with E-state index in [-0.39, 0.29) is 48.4 Å². The van der Waals surface area contributed by atoms with Crippen LogP contribution in [-0.2, 0) is 22.6 Å². The van der Waals surface area contributed by atoms with E-state index in [0.29, 0.717) is 64.3 Å². The summed E-state index contributed by atoms with van der Waals surface area (Å²) in [5, 5.41) is 29.5. The van der Waals surface area contributed by atoms with E-state index < -0.39 is 24.2 Å². The van der Waals surface area contributed by atoms with Crippen molar-refractivity contribution in [3.8, 4) is 16.9 Å². The first kappa shape index (κ1) is 43.3. The average Bonchev–Trinajstić information content (AvgIpc) is 3.56. The number of amides is 3. The standard InChI is InChI=1S/C46H63N5O7/c1-27-37-22-34(46(37,3)4)23-38(27)48-44(55)41-40(28(2)53)39(26-52)58-51(41)24-30-16-13-17-36(42(30)57-9)31-19-32(21-33(20-31)45(56)50(7)8)43(54)47-35(25-49(5)6)18-29-14-11-10-12-15-29/h10-17,19-21,27-28,34-35,37-41,52-53H,18,22-26H2,1-9H3,(H,47,54)(H,48,55)/t27-,28-,34+,35-,37+,38-,39-,40-,41-/m0/s1. The number of hydroxylamine groups is 2. The number of fused-ring (bicyclic) bond motifs is 2. The minimum absolute atomic E-state index is 0.00635. The number of carbonyl (C=O) groups is 3. The van der Waals surface area contributed by atoms with Crippen molar-refractivity contribution in [2.24, 2.45) is 29.1 Å². The summed E-state index contributed by atoms with van der Waals surface area (Å²) >= 11 is 0. The molecular formula is C46H63N5O7. The molecule has 0 aromatic heterocycles. The van der Waals surface area contributed by atoms with Crippen LogP contribution < -0.4 is 15.4 Å². The molecule has 3 amide bonds. The molecule has 12 heteroatoms. The molecule has 2 bridgehead atoms. The molecule has 0 spiro atoms. The molecule has 3 aromatic rings. The van der Waals surface area contributed by atoms with Gasteiger partial charge in [0.05, 0.1) is 26.4 Å². The quantitative estimate of drug-likeness (QED) is 0.173. The monoisotopic (exact) mass is 797 g/mol. The number of nitrogens with one attached hydrogen (secondary N) is 2. The van der Waals surface area contributed by atoms with Gasteiger partial charge in [-0.1, -0.05) is 69.3 Å². The van der Waals surface area contributed by atoms with Gasteiger partial charge in [0.25, 0.3) is 11.8 Å². The van der Waals surface area contributed by atoms with Crippen LogP contribution in [0.25, 0.3) is 11.1 Å². The van der Waals surface area contributed by atoms with Crippen molar-refractivity contribution < 1.29 is 34.2 Å². The van der Waals surface area contributed by atoms with E-state index in [9.17, 15) is 24.6 Å². The topological polar surface area (TPSA) is 144 Å². The SMILES string of the molecule is COc1c(CN2O[C@@H](CO)[C@H]([C@H](C)O)[C@H]2C(=O)N[C@H]2C[C@H]3C[C@H]([C@@H]2C)C3(C)C)cccc1-c1cc(C(=O)N[C@@H](Cc2ccccc2)CN(C)C)cc(C(=O)N(C)C)c1. The van der Waals surface area contributed by atoms with Gasteiger partial charge in [-0.25, -0.2) is 0 Å². The van der Waals surface area contributed by atoms with Gasteiger partial charge in [-0.3, -0.25) is 19.2 Å². The van der Waals surface area contributed by atoms with Gasteiger partial charge in [-0.05, 0) is 92.8 Å². The van der Waals surface area contributed by atoms with Crippen LogP contribution in [0.2, 0.25) is 0 Å². The summed E-state index contributed by atoms with van der Waals surface area (Å²) in [5.74, 6) is 0.377. The molecule has 1 aliphatic heterocycles. The van der Waals surface area contributed by atoms with Crippen LogP contribution in [-0.4, -0.2) is 122 Å². The molecule has 3 aliphatic carbocycles. The molecule has 0 radical (unpaired) electrons. The molecule has 4 fully saturated rings. The summed E-state index contributed by atoms with van der Waals surface area (Å²) in [7, 11) is 8.83. The molecule has 9 atom stereocenters. The maximum Gasteiger partial charge on any atom is 0.253 e. The van der Waals surface area contributed by atoms with Crippen LogP contribution in [0.5, 0.6) is 5.75 Å². The molecule has 0 unspecified atom stereocenters. The second kappa shape index (κ2) is 17.9. The first-order valence-corrected chi connectivity index (χ1v) is 20.6. The van der Waals surface area contributed by atoms with Crippen LogP contribution in [0.1, 0.15) is 72.4 Å². The van der Waals surface area contributed by atoms with E-state index in [4.69, 9.17) is 9.57 Å². The Morgan fingerprint density at radius 2 is 1.71 bits per heavy atom. The maximum absolute atomic E-state index is 14.3.